The first-order valence-electron chi connectivity index (χ1n) is 6.94. The minimum atomic E-state index is -1.47. The van der Waals surface area contributed by atoms with E-state index < -0.39 is 14.2 Å². The lowest BCUT2D eigenvalue weighted by Gasteiger charge is -2.23. The normalized spacial score (nSPS) is 13.4. The molecule has 0 aromatic heterocycles. The van der Waals surface area contributed by atoms with Gasteiger partial charge in [0.05, 0.1) is 7.11 Å². The van der Waals surface area contributed by atoms with E-state index in [1.807, 2.05) is 18.2 Å². The average Bonchev–Trinajstić information content (AvgIpc) is 2.33. The van der Waals surface area contributed by atoms with Crippen LogP contribution in [-0.2, 0) is 5.41 Å². The topological polar surface area (TPSA) is 29.5 Å². The molecule has 0 radical (unpaired) electrons. The largest absolute Gasteiger partial charge is 0.496 e. The number of aliphatic hydroxyl groups is 1. The SMILES string of the molecule is COc1ccc(C(O)C#C[Si](C)(C)C)cc1C(C)(C)C. The molecule has 0 saturated carbocycles. The molecule has 0 aliphatic carbocycles. The molecular weight excluding hydrogens is 264 g/mol. The molecule has 1 atom stereocenters. The maximum Gasteiger partial charge on any atom is 0.139 e. The lowest BCUT2D eigenvalue weighted by atomic mass is 9.85. The Balaban J connectivity index is 3.18. The Kier molecular flexibility index (Phi) is 5.07. The Morgan fingerprint density at radius 3 is 2.25 bits per heavy atom. The summed E-state index contributed by atoms with van der Waals surface area (Å²) in [5, 5.41) is 10.2. The molecule has 1 aromatic carbocycles. The van der Waals surface area contributed by atoms with Gasteiger partial charge >= 0.3 is 0 Å². The van der Waals surface area contributed by atoms with Gasteiger partial charge in [0.25, 0.3) is 0 Å². The van der Waals surface area contributed by atoms with Crippen LogP contribution in [0.4, 0.5) is 0 Å². The zero-order chi connectivity index (χ0) is 15.6. The monoisotopic (exact) mass is 290 g/mol. The fourth-order valence-electron chi connectivity index (χ4n) is 1.85. The molecule has 0 spiro atoms. The first-order chi connectivity index (χ1) is 9.04. The molecule has 1 N–H and O–H groups in total. The summed E-state index contributed by atoms with van der Waals surface area (Å²) in [5.41, 5.74) is 5.10. The molecule has 0 amide bonds. The van der Waals surface area contributed by atoms with Crippen molar-refractivity contribution in [1.29, 1.82) is 0 Å². The molecule has 0 bridgehead atoms. The molecule has 0 fully saturated rings. The van der Waals surface area contributed by atoms with Crippen LogP contribution in [0.3, 0.4) is 0 Å². The van der Waals surface area contributed by atoms with Gasteiger partial charge in [-0.3, -0.25) is 0 Å². The van der Waals surface area contributed by atoms with Crippen LogP contribution in [0.1, 0.15) is 38.0 Å². The van der Waals surface area contributed by atoms with E-state index in [0.717, 1.165) is 16.9 Å². The summed E-state index contributed by atoms with van der Waals surface area (Å²) in [6.07, 6.45) is -0.728. The van der Waals surface area contributed by atoms with Crippen LogP contribution in [0.15, 0.2) is 18.2 Å². The molecule has 20 heavy (non-hydrogen) atoms. The van der Waals surface area contributed by atoms with E-state index in [-0.39, 0.29) is 5.41 Å². The summed E-state index contributed by atoms with van der Waals surface area (Å²) in [7, 11) is 0.206. The standard InChI is InChI=1S/C17H26O2Si/c1-17(2,3)14-12-13(8-9-16(14)19-4)15(18)10-11-20(5,6)7/h8-9,12,15,18H,1-7H3. The van der Waals surface area contributed by atoms with E-state index in [9.17, 15) is 5.11 Å². The molecule has 0 aliphatic rings. The second-order valence-electron chi connectivity index (χ2n) is 7.13. The van der Waals surface area contributed by atoms with Gasteiger partial charge < -0.3 is 9.84 Å². The number of aliphatic hydroxyl groups excluding tert-OH is 1. The van der Waals surface area contributed by atoms with E-state index >= 15 is 0 Å². The van der Waals surface area contributed by atoms with Crippen molar-refractivity contribution in [2.45, 2.75) is 51.9 Å². The second-order valence-corrected chi connectivity index (χ2v) is 11.9. The summed E-state index contributed by atoms with van der Waals surface area (Å²) in [6, 6.07) is 5.80. The van der Waals surface area contributed by atoms with Gasteiger partial charge in [-0.1, -0.05) is 52.4 Å². The van der Waals surface area contributed by atoms with Crippen LogP contribution in [0, 0.1) is 11.5 Å². The van der Waals surface area contributed by atoms with Gasteiger partial charge in [-0.05, 0) is 28.7 Å². The maximum absolute atomic E-state index is 10.2. The van der Waals surface area contributed by atoms with Crippen molar-refractivity contribution in [2.75, 3.05) is 7.11 Å². The smallest absolute Gasteiger partial charge is 0.139 e. The molecular formula is C17H26O2Si. The average molecular weight is 290 g/mol. The first kappa shape index (κ1) is 16.8. The summed E-state index contributed by atoms with van der Waals surface area (Å²) >= 11 is 0. The van der Waals surface area contributed by atoms with E-state index in [2.05, 4.69) is 51.9 Å². The van der Waals surface area contributed by atoms with Gasteiger partial charge in [0.15, 0.2) is 0 Å². The minimum Gasteiger partial charge on any atom is -0.496 e. The third-order valence-corrected chi connectivity index (χ3v) is 3.83. The van der Waals surface area contributed by atoms with Crippen LogP contribution in [0.2, 0.25) is 19.6 Å². The fraction of sp³-hybridized carbons (Fsp3) is 0.529. The zero-order valence-electron chi connectivity index (χ0n) is 13.7. The van der Waals surface area contributed by atoms with Crippen LogP contribution in [0.25, 0.3) is 0 Å². The van der Waals surface area contributed by atoms with E-state index in [1.54, 1.807) is 7.11 Å². The molecule has 2 nitrogen and oxygen atoms in total. The highest BCUT2D eigenvalue weighted by Crippen LogP contribution is 2.33. The van der Waals surface area contributed by atoms with Gasteiger partial charge in [-0.15, -0.1) is 5.54 Å². The Morgan fingerprint density at radius 2 is 1.80 bits per heavy atom. The summed E-state index contributed by atoms with van der Waals surface area (Å²) in [6.45, 7) is 12.9. The van der Waals surface area contributed by atoms with E-state index in [0.29, 0.717) is 0 Å². The van der Waals surface area contributed by atoms with Crippen molar-refractivity contribution in [1.82, 2.24) is 0 Å². The summed E-state index contributed by atoms with van der Waals surface area (Å²) in [5.74, 6) is 3.83. The Bertz CT molecular complexity index is 525. The Hall–Kier alpha value is -1.24. The number of hydrogen-bond acceptors (Lipinski definition) is 2. The third kappa shape index (κ3) is 4.70. The molecule has 0 aliphatic heterocycles. The van der Waals surface area contributed by atoms with Crippen LogP contribution < -0.4 is 4.74 Å². The predicted octanol–water partition coefficient (Wildman–Crippen LogP) is 3.91. The Labute approximate surface area is 124 Å². The van der Waals surface area contributed by atoms with Crippen molar-refractivity contribution < 1.29 is 9.84 Å². The number of ether oxygens (including phenoxy) is 1. The summed E-state index contributed by atoms with van der Waals surface area (Å²) in [4.78, 5) is 0. The second kappa shape index (κ2) is 6.03. The quantitative estimate of drug-likeness (QED) is 0.661. The van der Waals surface area contributed by atoms with Gasteiger partial charge in [-0.25, -0.2) is 0 Å². The minimum absolute atomic E-state index is 0.0344. The van der Waals surface area contributed by atoms with Crippen molar-refractivity contribution in [3.63, 3.8) is 0 Å². The van der Waals surface area contributed by atoms with Crippen molar-refractivity contribution in [3.05, 3.63) is 29.3 Å². The van der Waals surface area contributed by atoms with Gasteiger partial charge in [0, 0.05) is 0 Å². The molecule has 1 aromatic rings. The van der Waals surface area contributed by atoms with Crippen molar-refractivity contribution in [3.8, 4) is 17.2 Å². The third-order valence-electron chi connectivity index (χ3n) is 2.93. The lowest BCUT2D eigenvalue weighted by Crippen LogP contribution is -2.17. The molecule has 3 heteroatoms. The number of methoxy groups -OCH3 is 1. The van der Waals surface area contributed by atoms with Gasteiger partial charge in [-0.2, -0.15) is 0 Å². The highest BCUT2D eigenvalue weighted by molar-refractivity contribution is 6.83. The maximum atomic E-state index is 10.2. The van der Waals surface area contributed by atoms with Crippen molar-refractivity contribution in [2.24, 2.45) is 0 Å². The molecule has 0 heterocycles. The highest BCUT2D eigenvalue weighted by atomic mass is 28.3. The number of benzene rings is 1. The van der Waals surface area contributed by atoms with Crippen molar-refractivity contribution >= 4 is 8.07 Å². The fourth-order valence-corrected chi connectivity index (χ4v) is 2.42. The first-order valence-corrected chi connectivity index (χ1v) is 10.4. The van der Waals surface area contributed by atoms with E-state index in [1.165, 1.54) is 0 Å². The highest BCUT2D eigenvalue weighted by Gasteiger charge is 2.20. The molecule has 1 unspecified atom stereocenters. The zero-order valence-corrected chi connectivity index (χ0v) is 14.7. The van der Waals surface area contributed by atoms with E-state index in [4.69, 9.17) is 4.74 Å². The van der Waals surface area contributed by atoms with Gasteiger partial charge in [0.2, 0.25) is 0 Å². The number of hydrogen-bond donors (Lipinski definition) is 1. The number of rotatable bonds is 2. The van der Waals surface area contributed by atoms with Crippen LogP contribution >= 0.6 is 0 Å². The predicted molar refractivity (Wildman–Crippen MR) is 87.8 cm³/mol. The van der Waals surface area contributed by atoms with Gasteiger partial charge in [0.1, 0.15) is 19.9 Å². The molecule has 0 saturated heterocycles. The van der Waals surface area contributed by atoms with Crippen LogP contribution in [-0.4, -0.2) is 20.3 Å². The van der Waals surface area contributed by atoms with Crippen LogP contribution in [0.5, 0.6) is 5.75 Å². The molecule has 110 valence electrons. The summed E-state index contributed by atoms with van der Waals surface area (Å²) < 4.78 is 5.41. The lowest BCUT2D eigenvalue weighted by molar-refractivity contribution is 0.238. The molecule has 1 rings (SSSR count). The Morgan fingerprint density at radius 1 is 1.20 bits per heavy atom.